The Kier molecular flexibility index (Phi) is 6.06. The van der Waals surface area contributed by atoms with Crippen molar-refractivity contribution in [2.75, 3.05) is 26.6 Å². The van der Waals surface area contributed by atoms with Crippen molar-refractivity contribution in [3.05, 3.63) is 40.8 Å². The van der Waals surface area contributed by atoms with E-state index in [-0.39, 0.29) is 12.3 Å². The van der Waals surface area contributed by atoms with Gasteiger partial charge in [-0.15, -0.1) is 0 Å². The van der Waals surface area contributed by atoms with Crippen LogP contribution in [0.25, 0.3) is 5.65 Å². The number of aromatic nitrogens is 3. The zero-order valence-electron chi connectivity index (χ0n) is 17.6. The average Bonchev–Trinajstić information content (AvgIpc) is 3.15. The molecule has 0 aliphatic rings. The summed E-state index contributed by atoms with van der Waals surface area (Å²) in [5.74, 6) is 1.21. The van der Waals surface area contributed by atoms with Gasteiger partial charge in [0.05, 0.1) is 27.5 Å². The summed E-state index contributed by atoms with van der Waals surface area (Å²) >= 11 is 0. The minimum Gasteiger partial charge on any atom is -0.493 e. The van der Waals surface area contributed by atoms with Crippen LogP contribution in [-0.2, 0) is 11.2 Å². The SMILES string of the molecule is COc1cc(NC(=O)CCc2c(C)nc3c(C#N)cnn3c2C)cc(OC)c1OC. The highest BCUT2D eigenvalue weighted by atomic mass is 16.5. The number of aryl methyl sites for hydroxylation is 2. The van der Waals surface area contributed by atoms with Crippen LogP contribution in [0.5, 0.6) is 17.2 Å². The predicted molar refractivity (Wildman–Crippen MR) is 110 cm³/mol. The molecular weight excluding hydrogens is 386 g/mol. The number of nitrogens with zero attached hydrogens (tertiary/aromatic N) is 4. The molecule has 2 aromatic heterocycles. The third kappa shape index (κ3) is 3.85. The summed E-state index contributed by atoms with van der Waals surface area (Å²) in [6.07, 6.45) is 2.23. The fraction of sp³-hybridized carbons (Fsp3) is 0.333. The molecule has 0 aliphatic heterocycles. The van der Waals surface area contributed by atoms with Crippen molar-refractivity contribution in [3.63, 3.8) is 0 Å². The van der Waals surface area contributed by atoms with Gasteiger partial charge in [-0.05, 0) is 25.8 Å². The highest BCUT2D eigenvalue weighted by Crippen LogP contribution is 2.39. The zero-order chi connectivity index (χ0) is 21.8. The molecule has 1 amide bonds. The molecule has 0 radical (unpaired) electrons. The van der Waals surface area contributed by atoms with Gasteiger partial charge in [-0.1, -0.05) is 0 Å². The topological polar surface area (TPSA) is 111 Å². The molecule has 30 heavy (non-hydrogen) atoms. The van der Waals surface area contributed by atoms with E-state index in [0.29, 0.717) is 40.6 Å². The molecular formula is C21H23N5O4. The van der Waals surface area contributed by atoms with E-state index in [2.05, 4.69) is 21.5 Å². The van der Waals surface area contributed by atoms with Crippen LogP contribution >= 0.6 is 0 Å². The normalized spacial score (nSPS) is 10.5. The van der Waals surface area contributed by atoms with E-state index in [0.717, 1.165) is 17.0 Å². The Labute approximate surface area is 174 Å². The molecule has 156 valence electrons. The lowest BCUT2D eigenvalue weighted by molar-refractivity contribution is -0.116. The molecule has 9 nitrogen and oxygen atoms in total. The molecule has 3 aromatic rings. The molecule has 0 bridgehead atoms. The Hall–Kier alpha value is -3.80. The average molecular weight is 409 g/mol. The van der Waals surface area contributed by atoms with E-state index >= 15 is 0 Å². The van der Waals surface area contributed by atoms with Crippen LogP contribution in [0.4, 0.5) is 5.69 Å². The smallest absolute Gasteiger partial charge is 0.224 e. The monoisotopic (exact) mass is 409 g/mol. The molecule has 9 heteroatoms. The van der Waals surface area contributed by atoms with E-state index in [4.69, 9.17) is 14.2 Å². The number of ether oxygens (including phenoxy) is 3. The molecule has 2 heterocycles. The number of amides is 1. The number of carbonyl (C=O) groups excluding carboxylic acids is 1. The maximum Gasteiger partial charge on any atom is 0.224 e. The van der Waals surface area contributed by atoms with Gasteiger partial charge < -0.3 is 19.5 Å². The van der Waals surface area contributed by atoms with Gasteiger partial charge >= 0.3 is 0 Å². The van der Waals surface area contributed by atoms with E-state index in [1.165, 1.54) is 27.5 Å². The van der Waals surface area contributed by atoms with Gasteiger partial charge in [0.1, 0.15) is 11.6 Å². The number of nitrogens with one attached hydrogen (secondary N) is 1. The maximum absolute atomic E-state index is 12.6. The number of benzene rings is 1. The first-order valence-electron chi connectivity index (χ1n) is 9.27. The van der Waals surface area contributed by atoms with Gasteiger partial charge in [-0.3, -0.25) is 4.79 Å². The van der Waals surface area contributed by atoms with Crippen molar-refractivity contribution < 1.29 is 19.0 Å². The second-order valence-electron chi connectivity index (χ2n) is 6.63. The van der Waals surface area contributed by atoms with Crippen molar-refractivity contribution in [1.29, 1.82) is 5.26 Å². The number of methoxy groups -OCH3 is 3. The van der Waals surface area contributed by atoms with Gasteiger partial charge in [0, 0.05) is 35.6 Å². The first kappa shape index (κ1) is 20.9. The Morgan fingerprint density at radius 2 is 1.83 bits per heavy atom. The number of hydrogen-bond acceptors (Lipinski definition) is 7. The van der Waals surface area contributed by atoms with Crippen LogP contribution in [0, 0.1) is 25.2 Å². The van der Waals surface area contributed by atoms with Crippen molar-refractivity contribution in [3.8, 4) is 23.3 Å². The lowest BCUT2D eigenvalue weighted by Crippen LogP contribution is -2.14. The molecule has 0 aliphatic carbocycles. The van der Waals surface area contributed by atoms with Crippen LogP contribution in [0.15, 0.2) is 18.3 Å². The van der Waals surface area contributed by atoms with Crippen molar-refractivity contribution in [2.24, 2.45) is 0 Å². The predicted octanol–water partition coefficient (Wildman–Crippen LogP) is 2.81. The highest BCUT2D eigenvalue weighted by Gasteiger charge is 2.17. The molecule has 0 fully saturated rings. The summed E-state index contributed by atoms with van der Waals surface area (Å²) in [4.78, 5) is 17.1. The molecule has 0 unspecified atom stereocenters. The molecule has 1 aromatic carbocycles. The minimum absolute atomic E-state index is 0.165. The first-order chi connectivity index (χ1) is 14.4. The van der Waals surface area contributed by atoms with E-state index in [9.17, 15) is 10.1 Å². The second-order valence-corrected chi connectivity index (χ2v) is 6.63. The number of carbonyl (C=O) groups is 1. The third-order valence-electron chi connectivity index (χ3n) is 4.88. The second kappa shape index (κ2) is 8.69. The summed E-state index contributed by atoms with van der Waals surface area (Å²) in [6, 6.07) is 5.44. The quantitative estimate of drug-likeness (QED) is 0.639. The van der Waals surface area contributed by atoms with Gasteiger partial charge in [0.2, 0.25) is 11.7 Å². The number of fused-ring (bicyclic) bond motifs is 1. The summed E-state index contributed by atoms with van der Waals surface area (Å²) in [6.45, 7) is 3.77. The Balaban J connectivity index is 1.78. The third-order valence-corrected chi connectivity index (χ3v) is 4.88. The minimum atomic E-state index is -0.165. The highest BCUT2D eigenvalue weighted by molar-refractivity contribution is 5.91. The van der Waals surface area contributed by atoms with Crippen molar-refractivity contribution in [2.45, 2.75) is 26.7 Å². The molecule has 3 rings (SSSR count). The Morgan fingerprint density at radius 1 is 1.17 bits per heavy atom. The lowest BCUT2D eigenvalue weighted by atomic mass is 10.1. The lowest BCUT2D eigenvalue weighted by Gasteiger charge is -2.15. The fourth-order valence-electron chi connectivity index (χ4n) is 3.37. The summed E-state index contributed by atoms with van der Waals surface area (Å²) < 4.78 is 17.6. The maximum atomic E-state index is 12.6. The number of rotatable bonds is 7. The van der Waals surface area contributed by atoms with E-state index in [1.54, 1.807) is 16.6 Å². The Bertz CT molecular complexity index is 1120. The van der Waals surface area contributed by atoms with Crippen LogP contribution in [0.2, 0.25) is 0 Å². The molecule has 0 spiro atoms. The summed E-state index contributed by atoms with van der Waals surface area (Å²) in [7, 11) is 4.56. The largest absolute Gasteiger partial charge is 0.493 e. The fourth-order valence-corrected chi connectivity index (χ4v) is 3.37. The first-order valence-corrected chi connectivity index (χ1v) is 9.27. The molecule has 0 saturated carbocycles. The summed E-state index contributed by atoms with van der Waals surface area (Å²) in [5.41, 5.74) is 4.06. The number of nitriles is 1. The van der Waals surface area contributed by atoms with E-state index < -0.39 is 0 Å². The van der Waals surface area contributed by atoms with Crippen LogP contribution in [0.1, 0.15) is 28.9 Å². The number of hydrogen-bond donors (Lipinski definition) is 1. The summed E-state index contributed by atoms with van der Waals surface area (Å²) in [5, 5.41) is 16.3. The van der Waals surface area contributed by atoms with Gasteiger partial charge in [-0.2, -0.15) is 10.4 Å². The molecule has 1 N–H and O–H groups in total. The molecule has 0 saturated heterocycles. The van der Waals surface area contributed by atoms with Crippen LogP contribution < -0.4 is 19.5 Å². The Morgan fingerprint density at radius 3 is 2.40 bits per heavy atom. The molecule has 0 atom stereocenters. The standard InChI is InChI=1S/C21H23N5O4/c1-12-16(13(2)26-21(24-12)14(10-22)11-23-26)6-7-19(27)25-15-8-17(28-3)20(30-5)18(9-15)29-4/h8-9,11H,6-7H2,1-5H3,(H,25,27). The van der Waals surface area contributed by atoms with E-state index in [1.807, 2.05) is 13.8 Å². The van der Waals surface area contributed by atoms with Crippen molar-refractivity contribution in [1.82, 2.24) is 14.6 Å². The van der Waals surface area contributed by atoms with Crippen molar-refractivity contribution >= 4 is 17.2 Å². The van der Waals surface area contributed by atoms with Crippen LogP contribution in [-0.4, -0.2) is 41.8 Å². The number of anilines is 1. The van der Waals surface area contributed by atoms with Gasteiger partial charge in [0.15, 0.2) is 17.1 Å². The van der Waals surface area contributed by atoms with Crippen LogP contribution in [0.3, 0.4) is 0 Å². The zero-order valence-corrected chi connectivity index (χ0v) is 17.6. The van der Waals surface area contributed by atoms with Gasteiger partial charge in [0.25, 0.3) is 0 Å². The van der Waals surface area contributed by atoms with Gasteiger partial charge in [-0.25, -0.2) is 9.50 Å².